The second-order valence-corrected chi connectivity index (χ2v) is 7.83. The third-order valence-electron chi connectivity index (χ3n) is 5.15. The van der Waals surface area contributed by atoms with Crippen LogP contribution in [0.3, 0.4) is 0 Å². The normalized spacial score (nSPS) is 11.6. The Kier molecular flexibility index (Phi) is 24.3. The lowest BCUT2D eigenvalue weighted by molar-refractivity contribution is 0.292. The molecule has 0 fully saturated rings. The van der Waals surface area contributed by atoms with Crippen molar-refractivity contribution in [3.8, 4) is 0 Å². The minimum atomic E-state index is 0.259. The van der Waals surface area contributed by atoms with Crippen LogP contribution in [0.1, 0.15) is 122 Å². The molecule has 26 heavy (non-hydrogen) atoms. The maximum Gasteiger partial charge on any atom is 0.0555 e. The van der Waals surface area contributed by atoms with E-state index in [0.29, 0.717) is 0 Å². The summed E-state index contributed by atoms with van der Waals surface area (Å²) in [6.45, 7) is 4.35. The van der Waals surface area contributed by atoms with Crippen LogP contribution >= 0.6 is 0 Å². The van der Waals surface area contributed by atoms with Crippen LogP contribution < -0.4 is 5.32 Å². The van der Waals surface area contributed by atoms with Crippen molar-refractivity contribution in [2.24, 2.45) is 0 Å². The summed E-state index contributed by atoms with van der Waals surface area (Å²) >= 11 is 0. The summed E-state index contributed by atoms with van der Waals surface area (Å²) in [5.74, 6) is 0. The Hall–Kier alpha value is -0.340. The van der Waals surface area contributed by atoms with Gasteiger partial charge in [0.05, 0.1) is 6.61 Å². The van der Waals surface area contributed by atoms with Crippen LogP contribution in [0, 0.1) is 0 Å². The molecule has 0 amide bonds. The summed E-state index contributed by atoms with van der Waals surface area (Å²) in [5.41, 5.74) is 0. The van der Waals surface area contributed by atoms with Gasteiger partial charge < -0.3 is 10.4 Å². The highest BCUT2D eigenvalue weighted by molar-refractivity contribution is 4.81. The zero-order valence-electron chi connectivity index (χ0n) is 18.0. The quantitative estimate of drug-likeness (QED) is 0.157. The van der Waals surface area contributed by atoms with Crippen molar-refractivity contribution in [3.63, 3.8) is 0 Å². The topological polar surface area (TPSA) is 32.3 Å². The summed E-state index contributed by atoms with van der Waals surface area (Å²) < 4.78 is 0. The molecule has 0 rings (SSSR count). The van der Waals surface area contributed by atoms with Gasteiger partial charge in [0, 0.05) is 6.54 Å². The first-order chi connectivity index (χ1) is 12.9. The molecule has 0 saturated heterocycles. The molecule has 2 nitrogen and oxygen atoms in total. The second kappa shape index (κ2) is 24.7. The molecule has 156 valence electrons. The molecule has 0 radical (unpaired) electrons. The number of aliphatic hydroxyl groups is 1. The van der Waals surface area contributed by atoms with E-state index in [1.165, 1.54) is 116 Å². The van der Waals surface area contributed by atoms with Gasteiger partial charge in [-0.25, -0.2) is 0 Å². The minimum Gasteiger partial charge on any atom is -0.395 e. The number of aliphatic hydroxyl groups excluding tert-OH is 1. The molecule has 0 aliphatic rings. The van der Waals surface area contributed by atoms with Crippen molar-refractivity contribution in [1.82, 2.24) is 5.32 Å². The zero-order chi connectivity index (χ0) is 19.0. The van der Waals surface area contributed by atoms with Crippen molar-refractivity contribution in [3.05, 3.63) is 12.2 Å². The Morgan fingerprint density at radius 2 is 0.962 bits per heavy atom. The monoisotopic (exact) mass is 367 g/mol. The largest absolute Gasteiger partial charge is 0.395 e. The Morgan fingerprint density at radius 1 is 0.538 bits per heavy atom. The molecule has 2 N–H and O–H groups in total. The van der Waals surface area contributed by atoms with E-state index in [-0.39, 0.29) is 6.61 Å². The third kappa shape index (κ3) is 23.7. The molecule has 0 aromatic rings. The van der Waals surface area contributed by atoms with E-state index in [1.54, 1.807) is 0 Å². The van der Waals surface area contributed by atoms with Gasteiger partial charge in [-0.3, -0.25) is 0 Å². The van der Waals surface area contributed by atoms with Crippen LogP contribution in [0.5, 0.6) is 0 Å². The Morgan fingerprint density at radius 3 is 1.42 bits per heavy atom. The molecule has 0 bridgehead atoms. The fraction of sp³-hybridized carbons (Fsp3) is 0.917. The molecule has 0 spiro atoms. The Labute approximate surface area is 165 Å². The van der Waals surface area contributed by atoms with Gasteiger partial charge in [0.1, 0.15) is 0 Å². The lowest BCUT2D eigenvalue weighted by Crippen LogP contribution is -2.19. The van der Waals surface area contributed by atoms with Crippen LogP contribution in [0.2, 0.25) is 0 Å². The van der Waals surface area contributed by atoms with Gasteiger partial charge in [-0.05, 0) is 38.6 Å². The van der Waals surface area contributed by atoms with Crippen LogP contribution in [-0.4, -0.2) is 24.8 Å². The standard InChI is InChI=1S/C24H49NO/c1-2-3-4-5-6-7-8-9-10-11-12-13-14-15-16-17-18-19-20-21-22-25-23-24-26/h9-10,25-26H,2-8,11-24H2,1H3. The van der Waals surface area contributed by atoms with Gasteiger partial charge in [-0.2, -0.15) is 0 Å². The van der Waals surface area contributed by atoms with Gasteiger partial charge >= 0.3 is 0 Å². The van der Waals surface area contributed by atoms with Gasteiger partial charge in [0.25, 0.3) is 0 Å². The number of allylic oxidation sites excluding steroid dienone is 2. The van der Waals surface area contributed by atoms with Gasteiger partial charge in [-0.1, -0.05) is 103 Å². The predicted molar refractivity (Wildman–Crippen MR) is 118 cm³/mol. The van der Waals surface area contributed by atoms with Crippen molar-refractivity contribution in [2.75, 3.05) is 19.7 Å². The van der Waals surface area contributed by atoms with Crippen LogP contribution in [0.15, 0.2) is 12.2 Å². The lowest BCUT2D eigenvalue weighted by Gasteiger charge is -2.03. The van der Waals surface area contributed by atoms with Crippen molar-refractivity contribution in [1.29, 1.82) is 0 Å². The first-order valence-corrected chi connectivity index (χ1v) is 11.9. The molecule has 0 aliphatic heterocycles. The van der Waals surface area contributed by atoms with E-state index in [2.05, 4.69) is 24.4 Å². The fourth-order valence-electron chi connectivity index (χ4n) is 3.41. The van der Waals surface area contributed by atoms with E-state index in [4.69, 9.17) is 5.11 Å². The smallest absolute Gasteiger partial charge is 0.0555 e. The highest BCUT2D eigenvalue weighted by atomic mass is 16.3. The maximum absolute atomic E-state index is 8.67. The van der Waals surface area contributed by atoms with Gasteiger partial charge in [-0.15, -0.1) is 0 Å². The number of unbranched alkanes of at least 4 members (excludes halogenated alkanes) is 16. The first kappa shape index (κ1) is 25.7. The summed E-state index contributed by atoms with van der Waals surface area (Å²) in [6, 6.07) is 0. The molecule has 0 aliphatic carbocycles. The molecular formula is C24H49NO. The molecule has 0 aromatic carbocycles. The van der Waals surface area contributed by atoms with Crippen LogP contribution in [-0.2, 0) is 0 Å². The van der Waals surface area contributed by atoms with Gasteiger partial charge in [0.2, 0.25) is 0 Å². The van der Waals surface area contributed by atoms with Crippen molar-refractivity contribution < 1.29 is 5.11 Å². The average molecular weight is 368 g/mol. The fourth-order valence-corrected chi connectivity index (χ4v) is 3.41. The number of hydrogen-bond acceptors (Lipinski definition) is 2. The van der Waals surface area contributed by atoms with E-state index in [9.17, 15) is 0 Å². The molecule has 0 aromatic heterocycles. The summed E-state index contributed by atoms with van der Waals surface area (Å²) in [7, 11) is 0. The molecule has 2 heteroatoms. The molecular weight excluding hydrogens is 318 g/mol. The highest BCUT2D eigenvalue weighted by Gasteiger charge is 1.93. The summed E-state index contributed by atoms with van der Waals surface area (Å²) in [4.78, 5) is 0. The van der Waals surface area contributed by atoms with Gasteiger partial charge in [0.15, 0.2) is 0 Å². The number of hydrogen-bond donors (Lipinski definition) is 2. The highest BCUT2D eigenvalue weighted by Crippen LogP contribution is 2.12. The van der Waals surface area contributed by atoms with Crippen molar-refractivity contribution >= 4 is 0 Å². The van der Waals surface area contributed by atoms with E-state index in [0.717, 1.165) is 13.1 Å². The summed E-state index contributed by atoms with van der Waals surface area (Å²) in [6.07, 6.45) is 29.7. The molecule has 0 saturated carbocycles. The number of rotatable bonds is 22. The lowest BCUT2D eigenvalue weighted by atomic mass is 10.1. The SMILES string of the molecule is CCCCCCCCC=CCCCCCCCCCCCCNCCO. The van der Waals surface area contributed by atoms with Crippen LogP contribution in [0.4, 0.5) is 0 Å². The third-order valence-corrected chi connectivity index (χ3v) is 5.15. The molecule has 0 unspecified atom stereocenters. The minimum absolute atomic E-state index is 0.259. The Balaban J connectivity index is 3.03. The Bertz CT molecular complexity index is 265. The maximum atomic E-state index is 8.67. The molecule has 0 heterocycles. The summed E-state index contributed by atoms with van der Waals surface area (Å²) in [5, 5.41) is 11.9. The van der Waals surface area contributed by atoms with E-state index in [1.807, 2.05) is 0 Å². The first-order valence-electron chi connectivity index (χ1n) is 11.9. The zero-order valence-corrected chi connectivity index (χ0v) is 18.0. The van der Waals surface area contributed by atoms with Crippen LogP contribution in [0.25, 0.3) is 0 Å². The second-order valence-electron chi connectivity index (χ2n) is 7.83. The molecule has 0 atom stereocenters. The number of nitrogens with one attached hydrogen (secondary N) is 1. The van der Waals surface area contributed by atoms with E-state index < -0.39 is 0 Å². The average Bonchev–Trinajstić information content (AvgIpc) is 2.66. The van der Waals surface area contributed by atoms with E-state index >= 15 is 0 Å². The van der Waals surface area contributed by atoms with Crippen molar-refractivity contribution in [2.45, 2.75) is 122 Å². The predicted octanol–water partition coefficient (Wildman–Crippen LogP) is 7.17.